The summed E-state index contributed by atoms with van der Waals surface area (Å²) in [6.45, 7) is -0.355. The molecule has 25 heavy (non-hydrogen) atoms. The van der Waals surface area contributed by atoms with Crippen LogP contribution in [0.2, 0.25) is 0 Å². The van der Waals surface area contributed by atoms with Crippen molar-refractivity contribution in [3.63, 3.8) is 0 Å². The molecule has 2 heterocycles. The second kappa shape index (κ2) is 4.70. The summed E-state index contributed by atoms with van der Waals surface area (Å²) in [5, 5.41) is 12.6. The number of nitrogens with zero attached hydrogens (tertiary/aromatic N) is 2. The number of hydrogen-bond acceptors (Lipinski definition) is 4. The minimum Gasteiger partial charge on any atom is -0.369 e. The molecule has 1 aliphatic heterocycles. The molecule has 5 nitrogen and oxygen atoms in total. The van der Waals surface area contributed by atoms with Crippen molar-refractivity contribution in [3.05, 3.63) is 41.6 Å². The fourth-order valence-corrected chi connectivity index (χ4v) is 4.31. The zero-order valence-corrected chi connectivity index (χ0v) is 12.9. The number of alkyl halides is 3. The lowest BCUT2D eigenvalue weighted by atomic mass is 9.83. The number of nitriles is 1. The zero-order valence-electron chi connectivity index (χ0n) is 12.9. The topological polar surface area (TPSA) is 91.8 Å². The zero-order chi connectivity index (χ0) is 18.0. The highest BCUT2D eigenvalue weighted by atomic mass is 19.4. The number of carbonyl (C=O) groups excluding carboxylic acids is 1. The van der Waals surface area contributed by atoms with Gasteiger partial charge in [0.25, 0.3) is 0 Å². The first-order valence-corrected chi connectivity index (χ1v) is 7.66. The molecule has 0 bridgehead atoms. The van der Waals surface area contributed by atoms with Crippen LogP contribution >= 0.6 is 0 Å². The number of nitrogens with one attached hydrogen (secondary N) is 1. The van der Waals surface area contributed by atoms with Gasteiger partial charge in [-0.2, -0.15) is 18.4 Å². The van der Waals surface area contributed by atoms with Crippen LogP contribution in [-0.4, -0.2) is 23.6 Å². The first-order chi connectivity index (χ1) is 11.8. The number of nitrogens with two attached hydrogens (primary N) is 1. The molecular formula is C17H13F3N4O. The van der Waals surface area contributed by atoms with E-state index in [9.17, 15) is 23.2 Å². The Balaban J connectivity index is 1.92. The maximum Gasteiger partial charge on any atom is 0.396 e. The normalized spacial score (nSPS) is 30.7. The number of rotatable bonds is 2. The molecule has 3 unspecified atom stereocenters. The third-order valence-corrected chi connectivity index (χ3v) is 5.63. The Labute approximate surface area is 140 Å². The summed E-state index contributed by atoms with van der Waals surface area (Å²) in [5.74, 6) is -0.957. The number of pyridine rings is 1. The predicted molar refractivity (Wildman–Crippen MR) is 81.9 cm³/mol. The number of hydrogen-bond donors (Lipinski definition) is 2. The highest BCUT2D eigenvalue weighted by Crippen LogP contribution is 2.78. The van der Waals surface area contributed by atoms with Crippen LogP contribution in [0.5, 0.6) is 0 Å². The van der Waals surface area contributed by atoms with Crippen LogP contribution in [0.25, 0.3) is 10.9 Å². The third kappa shape index (κ3) is 1.76. The van der Waals surface area contributed by atoms with Crippen LogP contribution in [0.3, 0.4) is 0 Å². The summed E-state index contributed by atoms with van der Waals surface area (Å²) in [6, 6.07) is 7.57. The number of benzene rings is 1. The fourth-order valence-electron chi connectivity index (χ4n) is 4.31. The van der Waals surface area contributed by atoms with Gasteiger partial charge in [0.15, 0.2) is 0 Å². The van der Waals surface area contributed by atoms with Crippen LogP contribution in [0.1, 0.15) is 23.6 Å². The van der Waals surface area contributed by atoms with Gasteiger partial charge in [0.1, 0.15) is 6.07 Å². The van der Waals surface area contributed by atoms with E-state index >= 15 is 0 Å². The molecular weight excluding hydrogens is 333 g/mol. The monoisotopic (exact) mass is 346 g/mol. The van der Waals surface area contributed by atoms with Crippen LogP contribution in [-0.2, 0) is 4.79 Å². The molecule has 1 aromatic carbocycles. The van der Waals surface area contributed by atoms with Crippen molar-refractivity contribution < 1.29 is 18.0 Å². The smallest absolute Gasteiger partial charge is 0.369 e. The molecule has 1 aromatic heterocycles. The van der Waals surface area contributed by atoms with E-state index in [-0.39, 0.29) is 13.0 Å². The molecule has 1 aliphatic carbocycles. The van der Waals surface area contributed by atoms with Gasteiger partial charge < -0.3 is 11.1 Å². The van der Waals surface area contributed by atoms with Crippen LogP contribution in [0, 0.1) is 22.2 Å². The van der Waals surface area contributed by atoms with E-state index in [2.05, 4.69) is 10.3 Å². The molecule has 1 amide bonds. The van der Waals surface area contributed by atoms with Gasteiger partial charge in [-0.15, -0.1) is 0 Å². The van der Waals surface area contributed by atoms with Crippen molar-refractivity contribution in [3.8, 4) is 6.07 Å². The largest absolute Gasteiger partial charge is 0.396 e. The number of piperidine rings is 1. The highest BCUT2D eigenvalue weighted by Gasteiger charge is 2.87. The molecule has 0 radical (unpaired) electrons. The van der Waals surface area contributed by atoms with Crippen LogP contribution in [0.15, 0.2) is 30.5 Å². The summed E-state index contributed by atoms with van der Waals surface area (Å²) < 4.78 is 40.8. The standard InChI is InChI=1S/C17H13F3N4O/c18-17(19,20)15-7-16(15,14(22)25)13(24-8-15)11-4-3-9(6-21)12-10(11)2-1-5-23-12/h1-5,13,24H,7-8H2,(H2,22,25). The summed E-state index contributed by atoms with van der Waals surface area (Å²) in [5.41, 5.74) is 2.83. The summed E-state index contributed by atoms with van der Waals surface area (Å²) >= 11 is 0. The number of amides is 1. The van der Waals surface area contributed by atoms with Gasteiger partial charge >= 0.3 is 6.18 Å². The summed E-state index contributed by atoms with van der Waals surface area (Å²) in [6.07, 6.45) is -3.33. The predicted octanol–water partition coefficient (Wildman–Crippen LogP) is 2.17. The minimum atomic E-state index is -4.52. The van der Waals surface area contributed by atoms with Crippen molar-refractivity contribution in [1.29, 1.82) is 5.26 Å². The summed E-state index contributed by atoms with van der Waals surface area (Å²) in [7, 11) is 0. The molecule has 8 heteroatoms. The van der Waals surface area contributed by atoms with E-state index in [1.165, 1.54) is 12.3 Å². The molecule has 3 atom stereocenters. The molecule has 4 rings (SSSR count). The second-order valence-electron chi connectivity index (χ2n) is 6.62. The molecule has 1 saturated carbocycles. The average molecular weight is 346 g/mol. The molecule has 2 fully saturated rings. The van der Waals surface area contributed by atoms with Crippen LogP contribution < -0.4 is 11.1 Å². The SMILES string of the molecule is N#Cc1ccc(C2NCC3(C(F)(F)F)CC23C(N)=O)c2cccnc12. The van der Waals surface area contributed by atoms with E-state index in [1.54, 1.807) is 18.2 Å². The van der Waals surface area contributed by atoms with E-state index in [4.69, 9.17) is 5.73 Å². The van der Waals surface area contributed by atoms with E-state index in [0.29, 0.717) is 22.0 Å². The van der Waals surface area contributed by atoms with E-state index in [1.807, 2.05) is 6.07 Å². The Morgan fingerprint density at radius 2 is 2.16 bits per heavy atom. The Bertz CT molecular complexity index is 951. The van der Waals surface area contributed by atoms with Gasteiger partial charge in [-0.05, 0) is 24.1 Å². The van der Waals surface area contributed by atoms with Gasteiger partial charge in [-0.25, -0.2) is 0 Å². The average Bonchev–Trinajstić information content (AvgIpc) is 3.17. The molecule has 1 saturated heterocycles. The molecule has 0 spiro atoms. The number of halogens is 3. The Hall–Kier alpha value is -2.66. The minimum absolute atomic E-state index is 0.321. The van der Waals surface area contributed by atoms with Crippen LogP contribution in [0.4, 0.5) is 13.2 Å². The summed E-state index contributed by atoms with van der Waals surface area (Å²) in [4.78, 5) is 16.2. The van der Waals surface area contributed by atoms with Gasteiger partial charge in [0.05, 0.1) is 21.9 Å². The lowest BCUT2D eigenvalue weighted by Gasteiger charge is -2.24. The molecule has 2 aromatic rings. The first kappa shape index (κ1) is 15.8. The number of aromatic nitrogens is 1. The van der Waals surface area contributed by atoms with Crippen molar-refractivity contribution >= 4 is 16.8 Å². The maximum absolute atomic E-state index is 13.6. The number of fused-ring (bicyclic) bond motifs is 2. The molecule has 128 valence electrons. The highest BCUT2D eigenvalue weighted by molar-refractivity contribution is 5.92. The van der Waals surface area contributed by atoms with Gasteiger partial charge in [0.2, 0.25) is 5.91 Å². The van der Waals surface area contributed by atoms with Crippen molar-refractivity contribution in [2.45, 2.75) is 18.6 Å². The van der Waals surface area contributed by atoms with Crippen molar-refractivity contribution in [2.24, 2.45) is 16.6 Å². The lowest BCUT2D eigenvalue weighted by molar-refractivity contribution is -0.192. The van der Waals surface area contributed by atoms with Gasteiger partial charge in [0, 0.05) is 24.2 Å². The van der Waals surface area contributed by atoms with E-state index in [0.717, 1.165) is 0 Å². The molecule has 3 N–H and O–H groups in total. The van der Waals surface area contributed by atoms with Gasteiger partial charge in [-0.3, -0.25) is 9.78 Å². The number of carbonyl (C=O) groups is 1. The Morgan fingerprint density at radius 3 is 2.76 bits per heavy atom. The van der Waals surface area contributed by atoms with Crippen molar-refractivity contribution in [2.75, 3.05) is 6.54 Å². The number of primary amides is 1. The lowest BCUT2D eigenvalue weighted by Crippen LogP contribution is -2.38. The Morgan fingerprint density at radius 1 is 1.40 bits per heavy atom. The van der Waals surface area contributed by atoms with Gasteiger partial charge in [-0.1, -0.05) is 12.1 Å². The third-order valence-electron chi connectivity index (χ3n) is 5.63. The Kier molecular flexibility index (Phi) is 2.98. The molecule has 2 aliphatic rings. The van der Waals surface area contributed by atoms with E-state index < -0.39 is 29.0 Å². The quantitative estimate of drug-likeness (QED) is 0.872. The second-order valence-corrected chi connectivity index (χ2v) is 6.62. The fraction of sp³-hybridized carbons (Fsp3) is 0.353. The first-order valence-electron chi connectivity index (χ1n) is 7.66. The van der Waals surface area contributed by atoms with Crippen molar-refractivity contribution in [1.82, 2.24) is 10.3 Å². The maximum atomic E-state index is 13.6.